The van der Waals surface area contributed by atoms with Gasteiger partial charge < -0.3 is 34.1 Å². The minimum Gasteiger partial charge on any atom is -0.497 e. The maximum Gasteiger partial charge on any atom is 0.255 e. The normalized spacial score (nSPS) is 21.7. The van der Waals surface area contributed by atoms with E-state index in [2.05, 4.69) is 10.2 Å². The van der Waals surface area contributed by atoms with Gasteiger partial charge in [-0.2, -0.15) is 0 Å². The van der Waals surface area contributed by atoms with Crippen molar-refractivity contribution >= 4 is 17.5 Å². The van der Waals surface area contributed by atoms with Crippen molar-refractivity contribution in [3.63, 3.8) is 0 Å². The van der Waals surface area contributed by atoms with Gasteiger partial charge in [0.05, 0.1) is 28.4 Å². The maximum atomic E-state index is 14.8. The molecule has 0 spiro atoms. The summed E-state index contributed by atoms with van der Waals surface area (Å²) in [5.74, 6) is 2.24. The fraction of sp³-hybridized carbons (Fsp3) is 0.588. The first-order chi connectivity index (χ1) is 20.9. The zero-order valence-corrected chi connectivity index (χ0v) is 26.2. The van der Waals surface area contributed by atoms with E-state index >= 15 is 0 Å². The van der Waals surface area contributed by atoms with Crippen molar-refractivity contribution in [1.29, 1.82) is 0 Å². The van der Waals surface area contributed by atoms with Crippen LogP contribution in [-0.2, 0) is 4.79 Å². The van der Waals surface area contributed by atoms with Crippen LogP contribution in [0.5, 0.6) is 23.0 Å². The quantitative estimate of drug-likeness (QED) is 0.374. The predicted molar refractivity (Wildman–Crippen MR) is 167 cm³/mol. The average Bonchev–Trinajstić information content (AvgIpc) is 3.06. The van der Waals surface area contributed by atoms with Crippen LogP contribution >= 0.6 is 0 Å². The van der Waals surface area contributed by atoms with E-state index in [1.54, 1.807) is 64.8 Å². The van der Waals surface area contributed by atoms with Gasteiger partial charge in [0.15, 0.2) is 0 Å². The Balaban J connectivity index is 1.56. The summed E-state index contributed by atoms with van der Waals surface area (Å²) in [5, 5.41) is 3.17. The lowest BCUT2D eigenvalue weighted by atomic mass is 9.76. The van der Waals surface area contributed by atoms with Crippen LogP contribution in [0.1, 0.15) is 74.6 Å². The van der Waals surface area contributed by atoms with Crippen LogP contribution in [0.2, 0.25) is 0 Å². The molecule has 0 radical (unpaired) electrons. The summed E-state index contributed by atoms with van der Waals surface area (Å²) in [6, 6.07) is 11.1. The first-order valence-corrected chi connectivity index (χ1v) is 15.7. The van der Waals surface area contributed by atoms with Crippen LogP contribution in [0.3, 0.4) is 0 Å². The molecule has 2 amide bonds. The van der Waals surface area contributed by atoms with Crippen LogP contribution < -0.4 is 24.3 Å². The second-order valence-electron chi connectivity index (χ2n) is 12.2. The van der Waals surface area contributed by atoms with Gasteiger partial charge in [-0.1, -0.05) is 25.7 Å². The third kappa shape index (κ3) is 6.71. The number of anilines is 1. The third-order valence-corrected chi connectivity index (χ3v) is 9.72. The van der Waals surface area contributed by atoms with Crippen molar-refractivity contribution in [1.82, 2.24) is 9.80 Å². The summed E-state index contributed by atoms with van der Waals surface area (Å²) in [7, 11) is 6.34. The molecule has 2 aliphatic heterocycles. The van der Waals surface area contributed by atoms with E-state index in [0.717, 1.165) is 51.6 Å². The van der Waals surface area contributed by atoms with Gasteiger partial charge in [0.25, 0.3) is 5.91 Å². The second kappa shape index (κ2) is 13.9. The van der Waals surface area contributed by atoms with Crippen LogP contribution in [0.4, 0.5) is 5.69 Å². The molecule has 2 unspecified atom stereocenters. The molecule has 2 aromatic carbocycles. The Kier molecular flexibility index (Phi) is 10.0. The molecule has 234 valence electrons. The van der Waals surface area contributed by atoms with Crippen molar-refractivity contribution in [3.05, 3.63) is 42.0 Å². The van der Waals surface area contributed by atoms with Gasteiger partial charge in [0.1, 0.15) is 28.5 Å². The average molecular weight is 594 g/mol. The first-order valence-electron chi connectivity index (χ1n) is 15.7. The minimum atomic E-state index is -1.00. The Labute approximate surface area is 255 Å². The van der Waals surface area contributed by atoms with Crippen molar-refractivity contribution < 1.29 is 28.5 Å². The van der Waals surface area contributed by atoms with Crippen molar-refractivity contribution in [3.8, 4) is 23.0 Å². The number of ether oxygens (including phenoxy) is 4. The fourth-order valence-corrected chi connectivity index (χ4v) is 7.45. The van der Waals surface area contributed by atoms with Crippen LogP contribution in [0.25, 0.3) is 0 Å². The highest BCUT2D eigenvalue weighted by molar-refractivity contribution is 6.04. The number of rotatable bonds is 10. The summed E-state index contributed by atoms with van der Waals surface area (Å²) < 4.78 is 22.0. The molecule has 5 rings (SSSR count). The van der Waals surface area contributed by atoms with E-state index in [0.29, 0.717) is 65.6 Å². The number of piperidine rings is 2. The Hall–Kier alpha value is -3.46. The molecule has 3 aliphatic rings. The highest BCUT2D eigenvalue weighted by Gasteiger charge is 2.49. The fourth-order valence-electron chi connectivity index (χ4n) is 7.45. The van der Waals surface area contributed by atoms with Gasteiger partial charge in [0.2, 0.25) is 5.91 Å². The van der Waals surface area contributed by atoms with Gasteiger partial charge in [-0.25, -0.2) is 0 Å². The summed E-state index contributed by atoms with van der Waals surface area (Å²) in [5.41, 5.74) is 0.0462. The van der Waals surface area contributed by atoms with E-state index in [-0.39, 0.29) is 11.8 Å². The Bertz CT molecular complexity index is 1230. The predicted octanol–water partition coefficient (Wildman–Crippen LogP) is 5.77. The van der Waals surface area contributed by atoms with E-state index in [9.17, 15) is 9.59 Å². The zero-order valence-electron chi connectivity index (χ0n) is 26.2. The lowest BCUT2D eigenvalue weighted by molar-refractivity contribution is -0.129. The first kappa shape index (κ1) is 31.0. The number of methoxy groups -OCH3 is 4. The smallest absolute Gasteiger partial charge is 0.255 e. The van der Waals surface area contributed by atoms with E-state index in [4.69, 9.17) is 18.9 Å². The second-order valence-corrected chi connectivity index (χ2v) is 12.2. The maximum absolute atomic E-state index is 14.8. The van der Waals surface area contributed by atoms with Gasteiger partial charge in [-0.15, -0.1) is 0 Å². The zero-order chi connectivity index (χ0) is 30.4. The number of nitrogens with one attached hydrogen (secondary N) is 1. The van der Waals surface area contributed by atoms with Gasteiger partial charge in [-0.3, -0.25) is 9.59 Å². The van der Waals surface area contributed by atoms with Crippen molar-refractivity contribution in [2.75, 3.05) is 53.4 Å². The molecule has 2 aromatic rings. The molecule has 2 heterocycles. The molecule has 9 heteroatoms. The molecule has 9 nitrogen and oxygen atoms in total. The Morgan fingerprint density at radius 1 is 0.767 bits per heavy atom. The molecule has 0 aromatic heterocycles. The van der Waals surface area contributed by atoms with Crippen molar-refractivity contribution in [2.24, 2.45) is 5.92 Å². The number of carbonyl (C=O) groups excluding carboxylic acids is 2. The highest BCUT2D eigenvalue weighted by Crippen LogP contribution is 2.40. The van der Waals surface area contributed by atoms with E-state index < -0.39 is 5.54 Å². The number of nitrogens with zero attached hydrogens (tertiary/aromatic N) is 2. The van der Waals surface area contributed by atoms with Crippen LogP contribution in [-0.4, -0.2) is 81.3 Å². The monoisotopic (exact) mass is 593 g/mol. The molecule has 1 saturated carbocycles. The van der Waals surface area contributed by atoms with Crippen molar-refractivity contribution in [2.45, 2.75) is 75.8 Å². The minimum absolute atomic E-state index is 0.162. The van der Waals surface area contributed by atoms with Crippen LogP contribution in [0.15, 0.2) is 36.4 Å². The number of hydrogen-bond acceptors (Lipinski definition) is 7. The van der Waals surface area contributed by atoms with Gasteiger partial charge >= 0.3 is 0 Å². The summed E-state index contributed by atoms with van der Waals surface area (Å²) >= 11 is 0. The lowest BCUT2D eigenvalue weighted by Crippen LogP contribution is -2.62. The number of amides is 2. The molecule has 0 bridgehead atoms. The number of fused-ring (bicyclic) bond motifs is 1. The third-order valence-electron chi connectivity index (χ3n) is 9.72. The van der Waals surface area contributed by atoms with E-state index in [1.165, 1.54) is 12.8 Å². The SMILES string of the molecule is COc1cc(NC(=O)C2(N(CC3CCCN4CCCCC34)C(=O)c3cc(OC)cc(OC)c3)CCCCC2)cc(OC)c1. The lowest BCUT2D eigenvalue weighted by Gasteiger charge is -2.50. The number of hydrogen-bond donors (Lipinski definition) is 1. The molecular formula is C34H47N3O6. The summed E-state index contributed by atoms with van der Waals surface area (Å²) in [6.07, 6.45) is 9.74. The molecule has 43 heavy (non-hydrogen) atoms. The number of carbonyl (C=O) groups is 2. The molecule has 1 aliphatic carbocycles. The van der Waals surface area contributed by atoms with Crippen LogP contribution in [0, 0.1) is 5.92 Å². The molecular weight excluding hydrogens is 546 g/mol. The molecule has 1 N–H and O–H groups in total. The highest BCUT2D eigenvalue weighted by atomic mass is 16.5. The number of benzene rings is 2. The van der Waals surface area contributed by atoms with Gasteiger partial charge in [0, 0.05) is 48.1 Å². The Morgan fingerprint density at radius 3 is 1.95 bits per heavy atom. The topological polar surface area (TPSA) is 89.6 Å². The molecule has 2 atom stereocenters. The Morgan fingerprint density at radius 2 is 1.35 bits per heavy atom. The standard InChI is InChI=1S/C34H47N3O6/c1-40-27-17-25(18-28(21-27)41-2)32(38)37(23-24-11-10-16-36-15-9-6-12-31(24)36)34(13-7-5-8-14-34)33(39)35-26-19-29(42-3)22-30(20-26)43-4/h17-22,24,31H,5-16,23H2,1-4H3,(H,35,39). The largest absolute Gasteiger partial charge is 0.497 e. The van der Waals surface area contributed by atoms with Gasteiger partial charge in [-0.05, 0) is 69.7 Å². The molecule has 3 fully saturated rings. The molecule has 2 saturated heterocycles. The summed E-state index contributed by atoms with van der Waals surface area (Å²) in [6.45, 7) is 2.77. The summed E-state index contributed by atoms with van der Waals surface area (Å²) in [4.78, 5) is 33.9. The van der Waals surface area contributed by atoms with E-state index in [1.807, 2.05) is 4.90 Å².